The second-order valence-electron chi connectivity index (χ2n) is 18.3. The van der Waals surface area contributed by atoms with E-state index >= 15 is 0 Å². The smallest absolute Gasteiger partial charge is 0.258 e. The molecule has 0 bridgehead atoms. The maximum atomic E-state index is 11.4. The van der Waals surface area contributed by atoms with E-state index in [-0.39, 0.29) is 18.0 Å². The molecule has 1 aliphatic rings. The van der Waals surface area contributed by atoms with Crippen LogP contribution in [-0.4, -0.2) is 4.92 Å². The SMILES string of the molecule is Brc1ccc2c(c1)Cc1cc(-c3ccc4sc5ccccc5c4c3)ccc1-2.C.O=[N+]([O-])c1cc(Br)ccc1-c1ccc(-c2ccc3sc4ccccc4c3c2)cc1.c1ccc(P(c2ccccc2)c2ccccc2)cc1. The number of fused-ring (bicyclic) bond motifs is 9. The van der Waals surface area contributed by atoms with Gasteiger partial charge in [-0.05, 0) is 141 Å². The van der Waals surface area contributed by atoms with E-state index < -0.39 is 7.92 Å². The molecule has 8 heteroatoms. The maximum absolute atomic E-state index is 11.4. The Morgan fingerprint density at radius 1 is 0.368 bits per heavy atom. The zero-order valence-corrected chi connectivity index (χ0v) is 45.9. The third-order valence-corrected chi connectivity index (χ3v) is 19.4. The van der Waals surface area contributed by atoms with Crippen molar-refractivity contribution in [2.75, 3.05) is 0 Å². The van der Waals surface area contributed by atoms with Crippen LogP contribution in [0.3, 0.4) is 0 Å². The third-order valence-electron chi connectivity index (χ3n) is 13.7. The molecule has 76 heavy (non-hydrogen) atoms. The average Bonchev–Trinajstić information content (AvgIpc) is 4.18. The van der Waals surface area contributed by atoms with Crippen LogP contribution in [0.5, 0.6) is 0 Å². The highest BCUT2D eigenvalue weighted by Crippen LogP contribution is 2.42. The number of nitro groups is 1. The summed E-state index contributed by atoms with van der Waals surface area (Å²) in [6.07, 6.45) is 1.02. The van der Waals surface area contributed by atoms with Gasteiger partial charge in [-0.15, -0.1) is 22.7 Å². The summed E-state index contributed by atoms with van der Waals surface area (Å²) in [4.78, 5) is 11.1. The minimum Gasteiger partial charge on any atom is -0.258 e. The highest BCUT2D eigenvalue weighted by Gasteiger charge is 2.20. The topological polar surface area (TPSA) is 43.1 Å². The molecular weight excluding hydrogens is 1120 g/mol. The molecular formula is C68H48Br2NO2PS2. The molecule has 0 radical (unpaired) electrons. The lowest BCUT2D eigenvalue weighted by atomic mass is 9.98. The van der Waals surface area contributed by atoms with E-state index in [0.717, 1.165) is 27.6 Å². The van der Waals surface area contributed by atoms with Crippen LogP contribution in [0.2, 0.25) is 0 Å². The Bertz CT molecular complexity index is 4120. The number of nitrogens with zero attached hydrogens (tertiary/aromatic N) is 1. The van der Waals surface area contributed by atoms with Crippen molar-refractivity contribution >= 4 is 124 Å². The van der Waals surface area contributed by atoms with Gasteiger partial charge in [-0.2, -0.15) is 0 Å². The molecule has 3 nitrogen and oxygen atoms in total. The number of hydrogen-bond acceptors (Lipinski definition) is 4. The molecule has 0 amide bonds. The number of halogens is 2. The predicted octanol–water partition coefficient (Wildman–Crippen LogP) is 20.2. The Kier molecular flexibility index (Phi) is 15.0. The molecule has 0 unspecified atom stereocenters. The van der Waals surface area contributed by atoms with Crippen LogP contribution in [0.1, 0.15) is 18.6 Å². The first-order valence-corrected chi connectivity index (χ1v) is 29.1. The van der Waals surface area contributed by atoms with Gasteiger partial charge in [0.1, 0.15) is 0 Å². The summed E-state index contributed by atoms with van der Waals surface area (Å²) in [5.74, 6) is 0. The molecule has 0 aliphatic heterocycles. The molecule has 11 aromatic carbocycles. The van der Waals surface area contributed by atoms with Crippen molar-refractivity contribution in [2.45, 2.75) is 13.8 Å². The largest absolute Gasteiger partial charge is 0.278 e. The maximum Gasteiger partial charge on any atom is 0.278 e. The van der Waals surface area contributed by atoms with Crippen LogP contribution in [0, 0.1) is 10.1 Å². The Morgan fingerprint density at radius 3 is 1.28 bits per heavy atom. The monoisotopic (exact) mass is 1160 g/mol. The minimum atomic E-state index is -0.446. The molecule has 0 atom stereocenters. The van der Waals surface area contributed by atoms with Crippen molar-refractivity contribution in [1.29, 1.82) is 0 Å². The summed E-state index contributed by atoms with van der Waals surface area (Å²) >= 11 is 10.6. The van der Waals surface area contributed by atoms with Crippen LogP contribution in [0.25, 0.3) is 84.9 Å². The molecule has 1 aliphatic carbocycles. The molecule has 13 aromatic rings. The highest BCUT2D eigenvalue weighted by atomic mass is 79.9. The second-order valence-corrected chi connectivity index (χ2v) is 24.5. The normalized spacial score (nSPS) is 11.4. The summed E-state index contributed by atoms with van der Waals surface area (Å²) < 4.78 is 7.14. The van der Waals surface area contributed by atoms with Gasteiger partial charge in [-0.25, -0.2) is 0 Å². The summed E-state index contributed by atoms with van der Waals surface area (Å²) in [6.45, 7) is 0. The van der Waals surface area contributed by atoms with Crippen molar-refractivity contribution in [3.63, 3.8) is 0 Å². The van der Waals surface area contributed by atoms with E-state index in [1.807, 2.05) is 41.7 Å². The zero-order valence-electron chi connectivity index (χ0n) is 40.2. The van der Waals surface area contributed by atoms with Gasteiger partial charge in [0, 0.05) is 55.4 Å². The van der Waals surface area contributed by atoms with Gasteiger partial charge in [0.25, 0.3) is 5.69 Å². The summed E-state index contributed by atoms with van der Waals surface area (Å²) in [7, 11) is -0.446. The number of hydrogen-bond donors (Lipinski definition) is 0. The van der Waals surface area contributed by atoms with E-state index in [0.29, 0.717) is 10.0 Å². The molecule has 0 saturated heterocycles. The number of nitro benzene ring substituents is 1. The standard InChI is InChI=1S/C25H15BrS.C24H14BrNO2S.C18H15P.CH4/c26-19-7-9-21-18(13-19)12-17-11-15(5-8-20(17)21)16-6-10-25-23(14-16)22-3-1-2-4-24(22)27-25;25-18-10-11-19(22(14-18)26(27)28)16-7-5-15(6-8-16)17-9-12-24-21(13-17)20-3-1-2-4-23(20)29-24;1-4-10-16(11-5-1)19(17-12-6-2-7-13-17)18-14-8-3-9-15-18;/h1-11,13-14H,12H2;1-14H;1-15H;1H4. The van der Waals surface area contributed by atoms with Gasteiger partial charge in [0.2, 0.25) is 0 Å². The van der Waals surface area contributed by atoms with Crippen molar-refractivity contribution in [3.05, 3.63) is 285 Å². The lowest BCUT2D eigenvalue weighted by molar-refractivity contribution is -0.384. The lowest BCUT2D eigenvalue weighted by Gasteiger charge is -2.18. The second kappa shape index (κ2) is 22.5. The molecule has 2 aromatic heterocycles. The first kappa shape index (κ1) is 50.8. The third kappa shape index (κ3) is 10.5. The lowest BCUT2D eigenvalue weighted by Crippen LogP contribution is -2.20. The first-order chi connectivity index (χ1) is 36.8. The fourth-order valence-electron chi connectivity index (χ4n) is 10.1. The number of thiophene rings is 2. The Morgan fingerprint density at radius 2 is 0.750 bits per heavy atom. The van der Waals surface area contributed by atoms with Gasteiger partial charge >= 0.3 is 0 Å². The fraction of sp³-hybridized carbons (Fsp3) is 0.0294. The van der Waals surface area contributed by atoms with Gasteiger partial charge in [0.15, 0.2) is 0 Å². The Hall–Kier alpha value is -7.35. The average molecular weight is 1170 g/mol. The van der Waals surface area contributed by atoms with Crippen LogP contribution in [0.4, 0.5) is 5.69 Å². The summed E-state index contributed by atoms with van der Waals surface area (Å²) in [5, 5.41) is 20.9. The molecule has 0 spiro atoms. The quantitative estimate of drug-likeness (QED) is 0.0907. The van der Waals surface area contributed by atoms with Gasteiger partial charge in [-0.1, -0.05) is 227 Å². The van der Waals surface area contributed by atoms with E-state index in [1.54, 1.807) is 23.5 Å². The van der Waals surface area contributed by atoms with Crippen molar-refractivity contribution in [1.82, 2.24) is 0 Å². The van der Waals surface area contributed by atoms with E-state index in [4.69, 9.17) is 0 Å². The van der Waals surface area contributed by atoms with E-state index in [1.165, 1.54) is 89.6 Å². The van der Waals surface area contributed by atoms with E-state index in [2.05, 4.69) is 244 Å². The van der Waals surface area contributed by atoms with Gasteiger partial charge < -0.3 is 0 Å². The Balaban J connectivity index is 0.000000124. The summed E-state index contributed by atoms with van der Waals surface area (Å²) in [5.41, 5.74) is 12.0. The van der Waals surface area contributed by atoms with Crippen molar-refractivity contribution < 1.29 is 4.92 Å². The highest BCUT2D eigenvalue weighted by molar-refractivity contribution is 9.10. The molecule has 368 valence electrons. The van der Waals surface area contributed by atoms with E-state index in [9.17, 15) is 10.1 Å². The Labute approximate surface area is 469 Å². The van der Waals surface area contributed by atoms with Crippen molar-refractivity contribution in [3.8, 4) is 44.5 Å². The predicted molar refractivity (Wildman–Crippen MR) is 337 cm³/mol. The molecule has 0 N–H and O–H groups in total. The van der Waals surface area contributed by atoms with Crippen LogP contribution in [0.15, 0.2) is 264 Å². The van der Waals surface area contributed by atoms with Crippen LogP contribution >= 0.6 is 62.5 Å². The molecule has 0 fully saturated rings. The molecule has 14 rings (SSSR count). The fourth-order valence-corrected chi connectivity index (χ4v) is 15.3. The van der Waals surface area contributed by atoms with Gasteiger partial charge in [-0.3, -0.25) is 10.1 Å². The van der Waals surface area contributed by atoms with Crippen LogP contribution < -0.4 is 15.9 Å². The summed E-state index contributed by atoms with van der Waals surface area (Å²) in [6, 6.07) is 89.5. The zero-order chi connectivity index (χ0) is 50.8. The number of benzene rings is 11. The van der Waals surface area contributed by atoms with Crippen LogP contribution in [-0.2, 0) is 6.42 Å². The minimum absolute atomic E-state index is 0. The number of rotatable bonds is 7. The first-order valence-electron chi connectivity index (χ1n) is 24.6. The molecule has 2 heterocycles. The van der Waals surface area contributed by atoms with Gasteiger partial charge in [0.05, 0.1) is 10.5 Å². The van der Waals surface area contributed by atoms with Crippen molar-refractivity contribution in [2.24, 2.45) is 0 Å². The molecule has 0 saturated carbocycles.